The molecule has 1 amide bonds. The normalized spacial score (nSPS) is 28.5. The van der Waals surface area contributed by atoms with Gasteiger partial charge in [-0.1, -0.05) is 24.8 Å². The average Bonchev–Trinajstić information content (AvgIpc) is 3.39. The van der Waals surface area contributed by atoms with Crippen LogP contribution in [0.15, 0.2) is 37.1 Å². The van der Waals surface area contributed by atoms with Crippen LogP contribution in [0.1, 0.15) is 49.1 Å². The minimum Gasteiger partial charge on any atom is -0.461 e. The van der Waals surface area contributed by atoms with E-state index in [1.54, 1.807) is 11.1 Å². The van der Waals surface area contributed by atoms with Crippen LogP contribution in [0, 0.1) is 23.1 Å². The molecule has 232 valence electrons. The molecule has 5 aliphatic rings. The van der Waals surface area contributed by atoms with E-state index in [1.807, 2.05) is 17.0 Å². The number of nitrogens with zero attached hydrogens (tertiary/aromatic N) is 7. The zero-order valence-corrected chi connectivity index (χ0v) is 25.1. The summed E-state index contributed by atoms with van der Waals surface area (Å²) >= 11 is 0. The summed E-state index contributed by atoms with van der Waals surface area (Å²) in [7, 11) is 0. The highest BCUT2D eigenvalue weighted by atomic mass is 19.1. The zero-order chi connectivity index (χ0) is 30.9. The molecular weight excluding hydrogens is 576 g/mol. The summed E-state index contributed by atoms with van der Waals surface area (Å²) in [6.07, 6.45) is 6.43. The second-order valence-electron chi connectivity index (χ2n) is 13.3. The van der Waals surface area contributed by atoms with Crippen molar-refractivity contribution in [1.82, 2.24) is 24.8 Å². The largest absolute Gasteiger partial charge is 0.461 e. The van der Waals surface area contributed by atoms with Crippen molar-refractivity contribution in [2.45, 2.75) is 62.2 Å². The summed E-state index contributed by atoms with van der Waals surface area (Å²) < 4.78 is 37.4. The number of piperazine rings is 1. The van der Waals surface area contributed by atoms with E-state index in [-0.39, 0.29) is 36.2 Å². The number of hydrogen-bond donors (Lipinski definition) is 0. The molecule has 5 atom stereocenters. The molecule has 3 saturated heterocycles. The first kappa shape index (κ1) is 28.3. The van der Waals surface area contributed by atoms with Gasteiger partial charge in [0.1, 0.15) is 29.8 Å². The van der Waals surface area contributed by atoms with E-state index in [9.17, 15) is 14.4 Å². The van der Waals surface area contributed by atoms with Crippen molar-refractivity contribution in [1.29, 1.82) is 5.26 Å². The smallest absolute Gasteiger partial charge is 0.319 e. The molecule has 1 saturated carbocycles. The van der Waals surface area contributed by atoms with Crippen LogP contribution in [0.2, 0.25) is 0 Å². The van der Waals surface area contributed by atoms with Gasteiger partial charge in [0.15, 0.2) is 5.82 Å². The lowest BCUT2D eigenvalue weighted by molar-refractivity contribution is -0.128. The molecule has 4 fully saturated rings. The predicted molar refractivity (Wildman–Crippen MR) is 164 cm³/mol. The number of rotatable bonds is 7. The summed E-state index contributed by atoms with van der Waals surface area (Å²) in [5, 5.41) is 9.96. The monoisotopic (exact) mass is 611 g/mol. The first-order valence-electron chi connectivity index (χ1n) is 15.9. The third kappa shape index (κ3) is 4.64. The van der Waals surface area contributed by atoms with Crippen molar-refractivity contribution in [3.8, 4) is 23.3 Å². The summed E-state index contributed by atoms with van der Waals surface area (Å²) in [4.78, 5) is 32.4. The van der Waals surface area contributed by atoms with Gasteiger partial charge in [0, 0.05) is 44.4 Å². The summed E-state index contributed by atoms with van der Waals surface area (Å²) in [6, 6.07) is 7.87. The zero-order valence-electron chi connectivity index (χ0n) is 25.1. The maximum absolute atomic E-state index is 16.7. The van der Waals surface area contributed by atoms with Crippen LogP contribution in [0.25, 0.3) is 22.2 Å². The Morgan fingerprint density at radius 1 is 1.24 bits per heavy atom. The highest BCUT2D eigenvalue weighted by Gasteiger charge is 2.49. The molecule has 0 unspecified atom stereocenters. The molecule has 3 aliphatic heterocycles. The second-order valence-corrected chi connectivity index (χ2v) is 13.3. The number of carbonyl (C=O) groups is 1. The number of pyridine rings is 1. The Hall–Kier alpha value is -4.17. The Bertz CT molecular complexity index is 1760. The Kier molecular flexibility index (Phi) is 6.75. The Labute approximate surface area is 260 Å². The van der Waals surface area contributed by atoms with E-state index in [4.69, 9.17) is 9.72 Å². The number of ether oxygens (including phenoxy) is 1. The Morgan fingerprint density at radius 2 is 2.13 bits per heavy atom. The third-order valence-electron chi connectivity index (χ3n) is 10.7. The minimum atomic E-state index is -0.904. The fourth-order valence-corrected chi connectivity index (χ4v) is 8.42. The summed E-state index contributed by atoms with van der Waals surface area (Å²) in [5.41, 5.74) is 3.21. The van der Waals surface area contributed by atoms with Crippen LogP contribution in [-0.4, -0.2) is 87.7 Å². The van der Waals surface area contributed by atoms with E-state index >= 15 is 4.39 Å². The van der Waals surface area contributed by atoms with Crippen LogP contribution >= 0.6 is 0 Å². The van der Waals surface area contributed by atoms with Crippen molar-refractivity contribution in [3.63, 3.8) is 0 Å². The van der Waals surface area contributed by atoms with Gasteiger partial charge in [0.2, 0.25) is 5.91 Å². The molecule has 0 radical (unpaired) electrons. The third-order valence-corrected chi connectivity index (χ3v) is 10.7. The van der Waals surface area contributed by atoms with Gasteiger partial charge in [-0.15, -0.1) is 0 Å². The van der Waals surface area contributed by atoms with E-state index in [2.05, 4.69) is 33.6 Å². The molecule has 2 aliphatic carbocycles. The number of benzene rings is 1. The van der Waals surface area contributed by atoms with Crippen LogP contribution < -0.4 is 9.64 Å². The molecular formula is C34H35F2N7O2. The van der Waals surface area contributed by atoms with E-state index in [1.165, 1.54) is 23.6 Å². The van der Waals surface area contributed by atoms with E-state index < -0.39 is 23.6 Å². The number of aromatic nitrogens is 3. The highest BCUT2D eigenvalue weighted by molar-refractivity contribution is 5.93. The molecule has 5 heterocycles. The molecule has 0 N–H and O–H groups in total. The van der Waals surface area contributed by atoms with Crippen LogP contribution in [0.5, 0.6) is 6.01 Å². The lowest BCUT2D eigenvalue weighted by Crippen LogP contribution is -2.55. The lowest BCUT2D eigenvalue weighted by Gasteiger charge is -2.41. The molecule has 3 aromatic rings. The Morgan fingerprint density at radius 3 is 2.98 bits per heavy atom. The van der Waals surface area contributed by atoms with Gasteiger partial charge in [-0.2, -0.15) is 15.2 Å². The first-order valence-corrected chi connectivity index (χ1v) is 15.9. The molecule has 9 nitrogen and oxygen atoms in total. The fourth-order valence-electron chi connectivity index (χ4n) is 8.42. The molecule has 1 aromatic carbocycles. The quantitative estimate of drug-likeness (QED) is 0.359. The van der Waals surface area contributed by atoms with Gasteiger partial charge in [-0.25, -0.2) is 8.78 Å². The highest BCUT2D eigenvalue weighted by Crippen LogP contribution is 2.57. The number of carbonyl (C=O) groups excluding carboxylic acids is 1. The molecule has 8 rings (SSSR count). The first-order chi connectivity index (χ1) is 21.9. The number of amides is 1. The molecule has 2 aromatic heterocycles. The molecule has 0 spiro atoms. The SMILES string of the molecule is C=CC(=O)N1CCN(c2nc(OC[C@@]34CCCN3C[C@H](F)C4)nc3c(F)c(-c4cccc5c4C[C@H]4C[C@@H]54)ncc23)C[C@@H]1CC#N. The lowest BCUT2D eigenvalue weighted by atomic mass is 9.95. The summed E-state index contributed by atoms with van der Waals surface area (Å²) in [5.74, 6) is 0.881. The second kappa shape index (κ2) is 10.7. The number of nitriles is 1. The van der Waals surface area contributed by atoms with Crippen molar-refractivity contribution in [2.24, 2.45) is 5.92 Å². The number of hydrogen-bond acceptors (Lipinski definition) is 8. The van der Waals surface area contributed by atoms with Crippen LogP contribution in [0.4, 0.5) is 14.6 Å². The molecule has 45 heavy (non-hydrogen) atoms. The van der Waals surface area contributed by atoms with Crippen molar-refractivity contribution >= 4 is 22.6 Å². The maximum atomic E-state index is 16.7. The van der Waals surface area contributed by atoms with E-state index in [0.29, 0.717) is 55.6 Å². The maximum Gasteiger partial charge on any atom is 0.319 e. The minimum absolute atomic E-state index is 0.0260. The van der Waals surface area contributed by atoms with Gasteiger partial charge in [-0.3, -0.25) is 14.7 Å². The van der Waals surface area contributed by atoms with Gasteiger partial charge in [0.25, 0.3) is 0 Å². The van der Waals surface area contributed by atoms with Crippen molar-refractivity contribution in [3.05, 3.63) is 54.0 Å². The van der Waals surface area contributed by atoms with Gasteiger partial charge in [0.05, 0.1) is 29.5 Å². The van der Waals surface area contributed by atoms with Crippen molar-refractivity contribution < 1.29 is 18.3 Å². The van der Waals surface area contributed by atoms with Crippen LogP contribution in [0.3, 0.4) is 0 Å². The van der Waals surface area contributed by atoms with Gasteiger partial charge < -0.3 is 14.5 Å². The number of anilines is 1. The molecule has 0 bridgehead atoms. The topological polar surface area (TPSA) is 98.5 Å². The average molecular weight is 612 g/mol. The predicted octanol–water partition coefficient (Wildman–Crippen LogP) is 4.56. The van der Waals surface area contributed by atoms with Crippen molar-refractivity contribution in [2.75, 3.05) is 44.2 Å². The van der Waals surface area contributed by atoms with Gasteiger partial charge >= 0.3 is 6.01 Å². The van der Waals surface area contributed by atoms with E-state index in [0.717, 1.165) is 31.4 Å². The fraction of sp³-hybridized carbons (Fsp3) is 0.500. The van der Waals surface area contributed by atoms with Gasteiger partial charge in [-0.05, 0) is 61.3 Å². The standard InChI is InChI=1S/C34H35F2N7O2/c1-2-28(44)43-12-11-41(18-22(43)7-9-37)32-27-16-38-30(24-6-3-5-23-25-13-20(25)14-26(23)24)29(36)31(27)39-33(40-32)45-19-34-8-4-10-42(34)17-21(35)15-34/h2-3,5-6,16,20-22,25H,1,4,7-8,10-15,17-19H2/t20-,21-,22+,25-,34+/m1/s1. The Balaban J connectivity index is 1.20. The number of halogens is 2. The van der Waals surface area contributed by atoms with Crippen LogP contribution in [-0.2, 0) is 11.2 Å². The number of alkyl halides is 1. The summed E-state index contributed by atoms with van der Waals surface area (Å²) in [6.45, 7) is 6.12. The molecule has 11 heteroatoms. The number of fused-ring (bicyclic) bond motifs is 5.